The summed E-state index contributed by atoms with van der Waals surface area (Å²) in [6.45, 7) is 4.46. The van der Waals surface area contributed by atoms with Gasteiger partial charge in [0.05, 0.1) is 21.1 Å². The Morgan fingerprint density at radius 3 is 2.12 bits per heavy atom. The molecule has 0 aliphatic rings. The van der Waals surface area contributed by atoms with Gasteiger partial charge >= 0.3 is 5.91 Å². The molecule has 1 aromatic rings. The van der Waals surface area contributed by atoms with Crippen LogP contribution in [-0.4, -0.2) is 38.1 Å². The number of nitrogens with one attached hydrogen (secondary N) is 1. The number of quaternary nitrogens is 1. The third-order valence-corrected chi connectivity index (χ3v) is 2.65. The molecule has 0 saturated carbocycles. The molecule has 0 bridgehead atoms. The molecule has 3 nitrogen and oxygen atoms in total. The maximum atomic E-state index is 11.8. The molecule has 1 rings (SSSR count). The predicted octanol–water partition coefficient (Wildman–Crippen LogP) is 1.95. The smallest absolute Gasteiger partial charge is 0.332 e. The van der Waals surface area contributed by atoms with Crippen molar-refractivity contribution in [2.24, 2.45) is 0 Å². The van der Waals surface area contributed by atoms with E-state index in [-0.39, 0.29) is 5.91 Å². The van der Waals surface area contributed by atoms with Crippen molar-refractivity contribution in [3.63, 3.8) is 0 Å². The first-order valence-electron chi connectivity index (χ1n) is 5.47. The van der Waals surface area contributed by atoms with E-state index in [1.807, 2.05) is 53.2 Å². The van der Waals surface area contributed by atoms with Crippen LogP contribution < -0.4 is 5.32 Å². The molecule has 0 saturated heterocycles. The van der Waals surface area contributed by atoms with Gasteiger partial charge in [-0.2, -0.15) is 0 Å². The molecule has 0 unspecified atom stereocenters. The maximum Gasteiger partial charge on any atom is 0.332 e. The lowest BCUT2D eigenvalue weighted by molar-refractivity contribution is -0.791. The molecule has 16 heavy (non-hydrogen) atoms. The Kier molecular flexibility index (Phi) is 3.70. The number of para-hydroxylation sites is 1. The van der Waals surface area contributed by atoms with Crippen molar-refractivity contribution in [3.05, 3.63) is 29.3 Å². The second kappa shape index (κ2) is 4.66. The fourth-order valence-corrected chi connectivity index (χ4v) is 1.49. The molecule has 1 aromatic carbocycles. The third kappa shape index (κ3) is 3.07. The van der Waals surface area contributed by atoms with E-state index in [2.05, 4.69) is 5.32 Å². The van der Waals surface area contributed by atoms with Crippen molar-refractivity contribution in [2.45, 2.75) is 13.8 Å². The molecule has 3 heteroatoms. The summed E-state index contributed by atoms with van der Waals surface area (Å²) in [5.74, 6) is 0.169. The molecule has 1 amide bonds. The van der Waals surface area contributed by atoms with Crippen molar-refractivity contribution in [1.29, 1.82) is 0 Å². The van der Waals surface area contributed by atoms with Crippen LogP contribution in [0.15, 0.2) is 18.2 Å². The standard InChI is InChI=1S/C13H21N2O/c1-10-7-6-8-11(2)13(10)14-9-12(16)15(3,4)5/h6-8,14H,9H2,1-5H3/q+1. The number of amides is 1. The van der Waals surface area contributed by atoms with Gasteiger partial charge in [-0.15, -0.1) is 0 Å². The number of anilines is 1. The minimum absolute atomic E-state index is 0.169. The lowest BCUT2D eigenvalue weighted by atomic mass is 10.1. The van der Waals surface area contributed by atoms with Crippen LogP contribution in [-0.2, 0) is 4.79 Å². The van der Waals surface area contributed by atoms with E-state index in [0.29, 0.717) is 11.0 Å². The number of hydrogen-bond donors (Lipinski definition) is 1. The first-order valence-corrected chi connectivity index (χ1v) is 5.47. The van der Waals surface area contributed by atoms with Crippen LogP contribution in [0, 0.1) is 13.8 Å². The van der Waals surface area contributed by atoms with E-state index in [0.717, 1.165) is 5.69 Å². The Balaban J connectivity index is 2.73. The number of carbonyl (C=O) groups excluding carboxylic acids is 1. The van der Waals surface area contributed by atoms with Crippen molar-refractivity contribution in [3.8, 4) is 0 Å². The largest absolute Gasteiger partial charge is 0.372 e. The highest BCUT2D eigenvalue weighted by Crippen LogP contribution is 2.19. The fourth-order valence-electron chi connectivity index (χ4n) is 1.49. The second-order valence-electron chi connectivity index (χ2n) is 5.03. The summed E-state index contributed by atoms with van der Waals surface area (Å²) in [4.78, 5) is 11.8. The molecule has 0 aromatic heterocycles. The van der Waals surface area contributed by atoms with E-state index >= 15 is 0 Å². The zero-order valence-electron chi connectivity index (χ0n) is 10.8. The number of rotatable bonds is 3. The van der Waals surface area contributed by atoms with E-state index in [1.54, 1.807) is 0 Å². The quantitative estimate of drug-likeness (QED) is 0.790. The van der Waals surface area contributed by atoms with Gasteiger partial charge in [0.1, 0.15) is 6.54 Å². The van der Waals surface area contributed by atoms with Gasteiger partial charge in [-0.05, 0) is 25.0 Å². The Hall–Kier alpha value is -1.35. The molecule has 88 valence electrons. The van der Waals surface area contributed by atoms with Crippen molar-refractivity contribution in [1.82, 2.24) is 0 Å². The lowest BCUT2D eigenvalue weighted by Crippen LogP contribution is -2.44. The van der Waals surface area contributed by atoms with Crippen LogP contribution in [0.4, 0.5) is 5.69 Å². The SMILES string of the molecule is Cc1cccc(C)c1NCC(=O)[N+](C)(C)C. The average Bonchev–Trinajstić information content (AvgIpc) is 2.15. The first-order chi connectivity index (χ1) is 7.32. The normalized spacial score (nSPS) is 11.3. The van der Waals surface area contributed by atoms with Crippen LogP contribution >= 0.6 is 0 Å². The molecule has 0 fully saturated rings. The Labute approximate surface area is 97.7 Å². The monoisotopic (exact) mass is 221 g/mol. The van der Waals surface area contributed by atoms with Gasteiger partial charge < -0.3 is 5.32 Å². The maximum absolute atomic E-state index is 11.8. The highest BCUT2D eigenvalue weighted by atomic mass is 16.2. The minimum Gasteiger partial charge on any atom is -0.372 e. The number of benzene rings is 1. The molecule has 0 heterocycles. The highest BCUT2D eigenvalue weighted by molar-refractivity contribution is 5.75. The highest BCUT2D eigenvalue weighted by Gasteiger charge is 2.19. The zero-order chi connectivity index (χ0) is 12.3. The molecule has 0 atom stereocenters. The zero-order valence-corrected chi connectivity index (χ0v) is 10.8. The average molecular weight is 221 g/mol. The van der Waals surface area contributed by atoms with Crippen molar-refractivity contribution in [2.75, 3.05) is 33.0 Å². The van der Waals surface area contributed by atoms with Gasteiger partial charge in [0.2, 0.25) is 0 Å². The van der Waals surface area contributed by atoms with E-state index in [1.165, 1.54) is 11.1 Å². The lowest BCUT2D eigenvalue weighted by Gasteiger charge is -2.21. The first kappa shape index (κ1) is 12.7. The molecule has 0 aliphatic carbocycles. The van der Waals surface area contributed by atoms with E-state index in [4.69, 9.17) is 0 Å². The van der Waals surface area contributed by atoms with Crippen LogP contribution in [0.2, 0.25) is 0 Å². The topological polar surface area (TPSA) is 29.1 Å². The Bertz CT molecular complexity index is 371. The van der Waals surface area contributed by atoms with Gasteiger partial charge in [0.25, 0.3) is 0 Å². The molecule has 0 aliphatic heterocycles. The summed E-state index contributed by atoms with van der Waals surface area (Å²) in [6.07, 6.45) is 0. The summed E-state index contributed by atoms with van der Waals surface area (Å²) in [5, 5.41) is 3.22. The number of aryl methyl sites for hydroxylation is 2. The molecule has 0 radical (unpaired) electrons. The number of carbonyl (C=O) groups is 1. The Morgan fingerprint density at radius 1 is 1.19 bits per heavy atom. The van der Waals surface area contributed by atoms with Crippen LogP contribution in [0.5, 0.6) is 0 Å². The van der Waals surface area contributed by atoms with E-state index < -0.39 is 0 Å². The summed E-state index contributed by atoms with van der Waals surface area (Å²) in [5.41, 5.74) is 3.42. The van der Waals surface area contributed by atoms with Crippen LogP contribution in [0.1, 0.15) is 11.1 Å². The van der Waals surface area contributed by atoms with Crippen LogP contribution in [0.3, 0.4) is 0 Å². The molecule has 1 N–H and O–H groups in total. The van der Waals surface area contributed by atoms with Gasteiger partial charge in [0, 0.05) is 5.69 Å². The predicted molar refractivity (Wildman–Crippen MR) is 67.4 cm³/mol. The Morgan fingerprint density at radius 2 is 1.69 bits per heavy atom. The summed E-state index contributed by atoms with van der Waals surface area (Å²) >= 11 is 0. The fraction of sp³-hybridized carbons (Fsp3) is 0.462. The summed E-state index contributed by atoms with van der Waals surface area (Å²) in [7, 11) is 5.65. The minimum atomic E-state index is 0.169. The van der Waals surface area contributed by atoms with Gasteiger partial charge in [-0.25, -0.2) is 4.79 Å². The molecular weight excluding hydrogens is 200 g/mol. The number of hydrogen-bond acceptors (Lipinski definition) is 2. The van der Waals surface area contributed by atoms with Crippen molar-refractivity contribution >= 4 is 11.6 Å². The second-order valence-corrected chi connectivity index (χ2v) is 5.03. The third-order valence-electron chi connectivity index (χ3n) is 2.65. The van der Waals surface area contributed by atoms with Gasteiger partial charge in [-0.3, -0.25) is 4.48 Å². The molecular formula is C13H21N2O+. The van der Waals surface area contributed by atoms with Crippen molar-refractivity contribution < 1.29 is 9.28 Å². The van der Waals surface area contributed by atoms with Crippen LogP contribution in [0.25, 0.3) is 0 Å². The van der Waals surface area contributed by atoms with Gasteiger partial charge in [0.15, 0.2) is 0 Å². The van der Waals surface area contributed by atoms with E-state index in [9.17, 15) is 4.79 Å². The number of nitrogens with zero attached hydrogens (tertiary/aromatic N) is 1. The summed E-state index contributed by atoms with van der Waals surface area (Å²) < 4.78 is 0.345. The molecule has 0 spiro atoms. The summed E-state index contributed by atoms with van der Waals surface area (Å²) in [6, 6.07) is 6.12. The number of likely N-dealkylation sites (N-methyl/N-ethyl adjacent to an activating group) is 1. The van der Waals surface area contributed by atoms with Gasteiger partial charge in [-0.1, -0.05) is 18.2 Å².